The van der Waals surface area contributed by atoms with E-state index in [-0.39, 0.29) is 6.42 Å². The number of aryl methyl sites for hydroxylation is 2. The molecule has 0 amide bonds. The summed E-state index contributed by atoms with van der Waals surface area (Å²) in [4.78, 5) is 10.3. The van der Waals surface area contributed by atoms with Crippen molar-refractivity contribution in [3.63, 3.8) is 0 Å². The first kappa shape index (κ1) is 12.4. The quantitative estimate of drug-likeness (QED) is 0.527. The highest BCUT2D eigenvalue weighted by Crippen LogP contribution is 2.24. The number of rotatable bonds is 5. The summed E-state index contributed by atoms with van der Waals surface area (Å²) in [6.45, 7) is 4.61. The fraction of sp³-hybridized carbons (Fsp3) is 0.417. The van der Waals surface area contributed by atoms with Crippen molar-refractivity contribution in [1.82, 2.24) is 0 Å². The van der Waals surface area contributed by atoms with Crippen LogP contribution < -0.4 is 11.1 Å². The lowest BCUT2D eigenvalue weighted by Gasteiger charge is -2.12. The predicted octanol–water partition coefficient (Wildman–Crippen LogP) is 2.16. The second-order valence-corrected chi connectivity index (χ2v) is 3.97. The number of benzene rings is 1. The van der Waals surface area contributed by atoms with E-state index in [1.807, 2.05) is 19.9 Å². The van der Waals surface area contributed by atoms with E-state index in [0.29, 0.717) is 18.7 Å². The molecule has 0 aromatic heterocycles. The highest BCUT2D eigenvalue weighted by Gasteiger charge is 2.04. The van der Waals surface area contributed by atoms with E-state index in [0.717, 1.165) is 16.8 Å². The fourth-order valence-electron chi connectivity index (χ4n) is 1.69. The molecule has 1 aromatic carbocycles. The minimum absolute atomic E-state index is 0.178. The SMILES string of the molecule is Cc1cc(C)c(NCCCC(=O)O)c(N)c1. The maximum absolute atomic E-state index is 10.3. The van der Waals surface area contributed by atoms with Gasteiger partial charge >= 0.3 is 5.97 Å². The Balaban J connectivity index is 2.57. The predicted molar refractivity (Wildman–Crippen MR) is 65.7 cm³/mol. The van der Waals surface area contributed by atoms with Crippen LogP contribution in [0, 0.1) is 13.8 Å². The largest absolute Gasteiger partial charge is 0.481 e. The number of carboxylic acids is 1. The molecule has 0 unspecified atom stereocenters. The zero-order chi connectivity index (χ0) is 12.1. The van der Waals surface area contributed by atoms with E-state index >= 15 is 0 Å². The van der Waals surface area contributed by atoms with Gasteiger partial charge in [-0.2, -0.15) is 0 Å². The normalized spacial score (nSPS) is 10.1. The van der Waals surface area contributed by atoms with Crippen LogP contribution in [0.4, 0.5) is 11.4 Å². The number of anilines is 2. The fourth-order valence-corrected chi connectivity index (χ4v) is 1.69. The van der Waals surface area contributed by atoms with E-state index in [4.69, 9.17) is 10.8 Å². The molecule has 16 heavy (non-hydrogen) atoms. The van der Waals surface area contributed by atoms with Crippen molar-refractivity contribution < 1.29 is 9.90 Å². The second kappa shape index (κ2) is 5.39. The van der Waals surface area contributed by atoms with Crippen molar-refractivity contribution in [2.45, 2.75) is 26.7 Å². The number of aliphatic carboxylic acids is 1. The summed E-state index contributed by atoms with van der Waals surface area (Å²) in [5, 5.41) is 11.7. The van der Waals surface area contributed by atoms with Gasteiger partial charge in [0.05, 0.1) is 11.4 Å². The van der Waals surface area contributed by atoms with Gasteiger partial charge in [0.2, 0.25) is 0 Å². The molecule has 88 valence electrons. The Labute approximate surface area is 95.5 Å². The summed E-state index contributed by atoms with van der Waals surface area (Å²) in [5.41, 5.74) is 9.74. The average molecular weight is 222 g/mol. The van der Waals surface area contributed by atoms with Crippen LogP contribution >= 0.6 is 0 Å². The molecule has 4 nitrogen and oxygen atoms in total. The van der Waals surface area contributed by atoms with Crippen LogP contribution in [0.25, 0.3) is 0 Å². The molecular weight excluding hydrogens is 204 g/mol. The van der Waals surface area contributed by atoms with Crippen molar-refractivity contribution in [3.8, 4) is 0 Å². The van der Waals surface area contributed by atoms with Gasteiger partial charge in [0, 0.05) is 13.0 Å². The molecule has 0 saturated heterocycles. The smallest absolute Gasteiger partial charge is 0.303 e. The first-order chi connectivity index (χ1) is 7.50. The molecular formula is C12H18N2O2. The van der Waals surface area contributed by atoms with E-state index in [9.17, 15) is 4.79 Å². The lowest BCUT2D eigenvalue weighted by atomic mass is 10.1. The minimum atomic E-state index is -0.768. The standard InChI is InChI=1S/C12H18N2O2/c1-8-6-9(2)12(10(13)7-8)14-5-3-4-11(15)16/h6-7,14H,3-5,13H2,1-2H3,(H,15,16). The van der Waals surface area contributed by atoms with Crippen LogP contribution in [0.2, 0.25) is 0 Å². The number of carboxylic acid groups (broad SMARTS) is 1. The van der Waals surface area contributed by atoms with Crippen LogP contribution in [0.3, 0.4) is 0 Å². The summed E-state index contributed by atoms with van der Waals surface area (Å²) in [6.07, 6.45) is 0.778. The molecule has 1 aromatic rings. The monoisotopic (exact) mass is 222 g/mol. The maximum atomic E-state index is 10.3. The van der Waals surface area contributed by atoms with Gasteiger partial charge in [-0.3, -0.25) is 4.79 Å². The molecule has 4 heteroatoms. The van der Waals surface area contributed by atoms with Crippen LogP contribution in [-0.4, -0.2) is 17.6 Å². The molecule has 0 aliphatic carbocycles. The lowest BCUT2D eigenvalue weighted by molar-refractivity contribution is -0.137. The number of hydrogen-bond donors (Lipinski definition) is 3. The molecule has 0 radical (unpaired) electrons. The molecule has 4 N–H and O–H groups in total. The van der Waals surface area contributed by atoms with Crippen molar-refractivity contribution in [2.75, 3.05) is 17.6 Å². The summed E-state index contributed by atoms with van der Waals surface area (Å²) >= 11 is 0. The number of carbonyl (C=O) groups is 1. The maximum Gasteiger partial charge on any atom is 0.303 e. The third-order valence-electron chi connectivity index (χ3n) is 2.38. The van der Waals surface area contributed by atoms with Gasteiger partial charge in [0.15, 0.2) is 0 Å². The number of nitrogens with one attached hydrogen (secondary N) is 1. The highest BCUT2D eigenvalue weighted by atomic mass is 16.4. The summed E-state index contributed by atoms with van der Waals surface area (Å²) < 4.78 is 0. The summed E-state index contributed by atoms with van der Waals surface area (Å²) in [5.74, 6) is -0.768. The number of nitrogen functional groups attached to an aromatic ring is 1. The van der Waals surface area contributed by atoms with E-state index < -0.39 is 5.97 Å². The first-order valence-corrected chi connectivity index (χ1v) is 5.33. The van der Waals surface area contributed by atoms with E-state index in [2.05, 4.69) is 11.4 Å². The van der Waals surface area contributed by atoms with Gasteiger partial charge in [0.25, 0.3) is 0 Å². The van der Waals surface area contributed by atoms with Crippen LogP contribution in [0.5, 0.6) is 0 Å². The Bertz CT molecular complexity index is 366. The highest BCUT2D eigenvalue weighted by molar-refractivity contribution is 5.71. The zero-order valence-electron chi connectivity index (χ0n) is 9.71. The molecule has 0 saturated carbocycles. The van der Waals surface area contributed by atoms with Crippen LogP contribution in [0.15, 0.2) is 12.1 Å². The molecule has 0 aliphatic heterocycles. The number of hydrogen-bond acceptors (Lipinski definition) is 3. The van der Waals surface area contributed by atoms with Crippen LogP contribution in [-0.2, 0) is 4.79 Å². The molecule has 0 atom stereocenters. The number of nitrogens with two attached hydrogens (primary N) is 1. The zero-order valence-corrected chi connectivity index (χ0v) is 9.71. The average Bonchev–Trinajstić information content (AvgIpc) is 2.14. The Morgan fingerprint density at radius 1 is 1.44 bits per heavy atom. The molecule has 0 bridgehead atoms. The summed E-state index contributed by atoms with van der Waals surface area (Å²) in [7, 11) is 0. The Kier molecular flexibility index (Phi) is 4.17. The van der Waals surface area contributed by atoms with Gasteiger partial charge in [-0.15, -0.1) is 0 Å². The Hall–Kier alpha value is -1.71. The lowest BCUT2D eigenvalue weighted by Crippen LogP contribution is -2.08. The van der Waals surface area contributed by atoms with E-state index in [1.54, 1.807) is 0 Å². The third-order valence-corrected chi connectivity index (χ3v) is 2.38. The first-order valence-electron chi connectivity index (χ1n) is 5.33. The topological polar surface area (TPSA) is 75.3 Å². The Morgan fingerprint density at radius 2 is 2.12 bits per heavy atom. The molecule has 0 spiro atoms. The van der Waals surface area contributed by atoms with Gasteiger partial charge in [-0.05, 0) is 37.5 Å². The van der Waals surface area contributed by atoms with Crippen LogP contribution in [0.1, 0.15) is 24.0 Å². The molecule has 1 rings (SSSR count). The van der Waals surface area contributed by atoms with Gasteiger partial charge in [-0.25, -0.2) is 0 Å². The minimum Gasteiger partial charge on any atom is -0.481 e. The van der Waals surface area contributed by atoms with Gasteiger partial charge < -0.3 is 16.2 Å². The second-order valence-electron chi connectivity index (χ2n) is 3.97. The Morgan fingerprint density at radius 3 is 2.69 bits per heavy atom. The molecule has 0 heterocycles. The van der Waals surface area contributed by atoms with Crippen molar-refractivity contribution >= 4 is 17.3 Å². The van der Waals surface area contributed by atoms with Gasteiger partial charge in [0.1, 0.15) is 0 Å². The molecule has 0 fully saturated rings. The molecule has 0 aliphatic rings. The van der Waals surface area contributed by atoms with Crippen molar-refractivity contribution in [1.29, 1.82) is 0 Å². The van der Waals surface area contributed by atoms with Crippen molar-refractivity contribution in [3.05, 3.63) is 23.3 Å². The van der Waals surface area contributed by atoms with Crippen molar-refractivity contribution in [2.24, 2.45) is 0 Å². The van der Waals surface area contributed by atoms with E-state index in [1.165, 1.54) is 0 Å². The van der Waals surface area contributed by atoms with Gasteiger partial charge in [-0.1, -0.05) is 6.07 Å². The summed E-state index contributed by atoms with van der Waals surface area (Å²) in [6, 6.07) is 3.96. The third kappa shape index (κ3) is 3.46.